The molecule has 2 heterocycles. The summed E-state index contributed by atoms with van der Waals surface area (Å²) in [5.74, 6) is 0.495. The van der Waals surface area contributed by atoms with Gasteiger partial charge in [-0.15, -0.1) is 0 Å². The van der Waals surface area contributed by atoms with E-state index in [1.807, 2.05) is 12.4 Å². The minimum atomic E-state index is 0.495. The average Bonchev–Trinajstić information content (AvgIpc) is 3.19. The van der Waals surface area contributed by atoms with Gasteiger partial charge in [0.15, 0.2) is 0 Å². The molecule has 0 fully saturated rings. The third-order valence-corrected chi connectivity index (χ3v) is 4.34. The number of aromatic nitrogens is 2. The molecule has 0 saturated heterocycles. The highest BCUT2D eigenvalue weighted by molar-refractivity contribution is 5.23. The van der Waals surface area contributed by atoms with Crippen molar-refractivity contribution in [3.8, 4) is 0 Å². The third-order valence-electron chi connectivity index (χ3n) is 4.34. The zero-order valence-electron chi connectivity index (χ0n) is 13.4. The zero-order chi connectivity index (χ0) is 14.8. The molecule has 0 radical (unpaired) electrons. The smallest absolute Gasteiger partial charge is 0.0391 e. The number of hydrogen-bond donors (Lipinski definition) is 2. The molecule has 0 bridgehead atoms. The first-order valence-corrected chi connectivity index (χ1v) is 8.68. The maximum atomic E-state index is 3.38. The van der Waals surface area contributed by atoms with Gasteiger partial charge in [-0.3, -0.25) is 0 Å². The molecular formula is C19H30N2. The highest BCUT2D eigenvalue weighted by Crippen LogP contribution is 2.28. The number of hydrogen-bond acceptors (Lipinski definition) is 0. The molecule has 0 amide bonds. The van der Waals surface area contributed by atoms with Crippen LogP contribution in [0.4, 0.5) is 0 Å². The molecule has 0 atom stereocenters. The van der Waals surface area contributed by atoms with Crippen LogP contribution in [0, 0.1) is 0 Å². The van der Waals surface area contributed by atoms with E-state index in [-0.39, 0.29) is 0 Å². The third kappa shape index (κ3) is 5.45. The maximum absolute atomic E-state index is 3.38. The lowest BCUT2D eigenvalue weighted by atomic mass is 9.94. The summed E-state index contributed by atoms with van der Waals surface area (Å²) in [7, 11) is 0. The van der Waals surface area contributed by atoms with E-state index in [0.717, 1.165) is 0 Å². The van der Waals surface area contributed by atoms with Crippen molar-refractivity contribution >= 4 is 0 Å². The lowest BCUT2D eigenvalue weighted by Gasteiger charge is -2.14. The summed E-state index contributed by atoms with van der Waals surface area (Å²) >= 11 is 0. The Morgan fingerprint density at radius 3 is 1.76 bits per heavy atom. The van der Waals surface area contributed by atoms with E-state index < -0.39 is 0 Å². The number of rotatable bonds is 11. The molecule has 2 heteroatoms. The molecule has 2 nitrogen and oxygen atoms in total. The molecule has 2 rings (SSSR count). The van der Waals surface area contributed by atoms with Gasteiger partial charge >= 0.3 is 0 Å². The van der Waals surface area contributed by atoms with Crippen LogP contribution in [-0.2, 0) is 0 Å². The number of nitrogens with one attached hydrogen (secondary N) is 2. The highest BCUT2D eigenvalue weighted by Gasteiger charge is 2.15. The molecule has 116 valence electrons. The van der Waals surface area contributed by atoms with E-state index >= 15 is 0 Å². The van der Waals surface area contributed by atoms with Crippen molar-refractivity contribution in [3.05, 3.63) is 48.0 Å². The van der Waals surface area contributed by atoms with Gasteiger partial charge in [0, 0.05) is 29.7 Å². The van der Waals surface area contributed by atoms with Crippen molar-refractivity contribution in [3.63, 3.8) is 0 Å². The molecule has 0 spiro atoms. The van der Waals surface area contributed by atoms with E-state index in [2.05, 4.69) is 41.2 Å². The topological polar surface area (TPSA) is 31.6 Å². The van der Waals surface area contributed by atoms with Gasteiger partial charge in [0.1, 0.15) is 0 Å². The van der Waals surface area contributed by atoms with Crippen LogP contribution >= 0.6 is 0 Å². The molecule has 0 aromatic carbocycles. The van der Waals surface area contributed by atoms with Gasteiger partial charge in [-0.25, -0.2) is 0 Å². The lowest BCUT2D eigenvalue weighted by molar-refractivity contribution is 0.546. The van der Waals surface area contributed by atoms with Crippen molar-refractivity contribution in [1.82, 2.24) is 9.97 Å². The molecule has 0 aliphatic rings. The molecule has 2 aromatic rings. The summed E-state index contributed by atoms with van der Waals surface area (Å²) in [5, 5.41) is 0. The standard InChI is InChI=1S/C19H30N2/c1-2-3-4-5-6-7-8-9-12-17(18-13-10-15-20-18)19-14-11-16-21-19/h10-11,13-17,20-21H,2-9,12H2,1H3. The minimum absolute atomic E-state index is 0.495. The Bertz CT molecular complexity index is 408. The molecular weight excluding hydrogens is 256 g/mol. The van der Waals surface area contributed by atoms with Crippen molar-refractivity contribution in [2.45, 2.75) is 70.6 Å². The van der Waals surface area contributed by atoms with Crippen LogP contribution in [-0.4, -0.2) is 9.97 Å². The average molecular weight is 286 g/mol. The molecule has 0 unspecified atom stereocenters. The molecule has 2 aromatic heterocycles. The maximum Gasteiger partial charge on any atom is 0.0391 e. The zero-order valence-corrected chi connectivity index (χ0v) is 13.4. The minimum Gasteiger partial charge on any atom is -0.364 e. The van der Waals surface area contributed by atoms with Crippen molar-refractivity contribution in [2.24, 2.45) is 0 Å². The molecule has 21 heavy (non-hydrogen) atoms. The molecule has 0 aliphatic carbocycles. The monoisotopic (exact) mass is 286 g/mol. The first-order valence-electron chi connectivity index (χ1n) is 8.68. The Kier molecular flexibility index (Phi) is 7.20. The largest absolute Gasteiger partial charge is 0.364 e. The van der Waals surface area contributed by atoms with Crippen molar-refractivity contribution in [1.29, 1.82) is 0 Å². The normalized spacial score (nSPS) is 11.3. The fourth-order valence-electron chi connectivity index (χ4n) is 3.08. The van der Waals surface area contributed by atoms with E-state index in [1.165, 1.54) is 69.2 Å². The van der Waals surface area contributed by atoms with E-state index in [1.54, 1.807) is 0 Å². The SMILES string of the molecule is CCCCCCCCCCC(c1ccc[nH]1)c1ccc[nH]1. The summed E-state index contributed by atoms with van der Waals surface area (Å²) in [6.45, 7) is 2.28. The van der Waals surface area contributed by atoms with Crippen LogP contribution in [0.15, 0.2) is 36.7 Å². The first kappa shape index (κ1) is 15.9. The Morgan fingerprint density at radius 2 is 1.29 bits per heavy atom. The second kappa shape index (κ2) is 9.49. The summed E-state index contributed by atoms with van der Waals surface area (Å²) in [6.07, 6.45) is 16.4. The molecule has 2 N–H and O–H groups in total. The Morgan fingerprint density at radius 1 is 0.762 bits per heavy atom. The number of H-pyrrole nitrogens is 2. The van der Waals surface area contributed by atoms with Crippen molar-refractivity contribution < 1.29 is 0 Å². The summed E-state index contributed by atoms with van der Waals surface area (Å²) < 4.78 is 0. The van der Waals surface area contributed by atoms with E-state index in [0.29, 0.717) is 5.92 Å². The lowest BCUT2D eigenvalue weighted by Crippen LogP contribution is -2.02. The molecule has 0 aliphatic heterocycles. The first-order chi connectivity index (χ1) is 10.4. The Balaban J connectivity index is 1.69. The number of unbranched alkanes of at least 4 members (excludes halogenated alkanes) is 7. The fraction of sp³-hybridized carbons (Fsp3) is 0.579. The van der Waals surface area contributed by atoms with Gasteiger partial charge < -0.3 is 9.97 Å². The van der Waals surface area contributed by atoms with Gasteiger partial charge in [-0.05, 0) is 30.7 Å². The predicted molar refractivity (Wildman–Crippen MR) is 90.7 cm³/mol. The second-order valence-corrected chi connectivity index (χ2v) is 6.07. The Labute approximate surface area is 129 Å². The second-order valence-electron chi connectivity index (χ2n) is 6.07. The Hall–Kier alpha value is -1.44. The van der Waals surface area contributed by atoms with Crippen LogP contribution in [0.25, 0.3) is 0 Å². The van der Waals surface area contributed by atoms with Gasteiger partial charge in [0.25, 0.3) is 0 Å². The van der Waals surface area contributed by atoms with Crippen LogP contribution < -0.4 is 0 Å². The fourth-order valence-corrected chi connectivity index (χ4v) is 3.08. The predicted octanol–water partition coefficient (Wildman–Crippen LogP) is 6.01. The van der Waals surface area contributed by atoms with Crippen molar-refractivity contribution in [2.75, 3.05) is 0 Å². The van der Waals surface area contributed by atoms with Gasteiger partial charge in [-0.1, -0.05) is 58.3 Å². The number of aromatic amines is 2. The summed E-state index contributed by atoms with van der Waals surface area (Å²) in [6, 6.07) is 8.60. The van der Waals surface area contributed by atoms with Gasteiger partial charge in [0.2, 0.25) is 0 Å². The van der Waals surface area contributed by atoms with E-state index in [4.69, 9.17) is 0 Å². The van der Waals surface area contributed by atoms with Gasteiger partial charge in [0.05, 0.1) is 0 Å². The molecule has 0 saturated carbocycles. The quantitative estimate of drug-likeness (QED) is 0.474. The van der Waals surface area contributed by atoms with Gasteiger partial charge in [-0.2, -0.15) is 0 Å². The highest BCUT2D eigenvalue weighted by atomic mass is 14.7. The van der Waals surface area contributed by atoms with Crippen LogP contribution in [0.2, 0.25) is 0 Å². The van der Waals surface area contributed by atoms with Crippen LogP contribution in [0.3, 0.4) is 0 Å². The summed E-state index contributed by atoms with van der Waals surface area (Å²) in [5.41, 5.74) is 2.67. The summed E-state index contributed by atoms with van der Waals surface area (Å²) in [4.78, 5) is 6.76. The van der Waals surface area contributed by atoms with Crippen LogP contribution in [0.1, 0.15) is 82.0 Å². The van der Waals surface area contributed by atoms with Crippen LogP contribution in [0.5, 0.6) is 0 Å². The van der Waals surface area contributed by atoms with E-state index in [9.17, 15) is 0 Å².